The Balaban J connectivity index is 1.75. The number of H-pyrrole nitrogens is 1. The zero-order chi connectivity index (χ0) is 21.2. The Morgan fingerprint density at radius 1 is 1.13 bits per heavy atom. The van der Waals surface area contributed by atoms with E-state index in [9.17, 15) is 18.0 Å². The number of hydrogen-bond acceptors (Lipinski definition) is 5. The number of thiophene rings is 1. The molecule has 0 spiro atoms. The van der Waals surface area contributed by atoms with Gasteiger partial charge in [-0.25, -0.2) is 4.79 Å². The second-order valence-electron chi connectivity index (χ2n) is 7.25. The molecule has 2 aromatic heterocycles. The number of nitrogens with one attached hydrogen (secondary N) is 1. The number of hydrogen-bond donors (Lipinski definition) is 1. The zero-order valence-electron chi connectivity index (χ0n) is 15.8. The molecule has 0 bridgehead atoms. The highest BCUT2D eigenvalue weighted by Crippen LogP contribution is 2.38. The number of oxazole rings is 1. The van der Waals surface area contributed by atoms with Crippen LogP contribution in [0.25, 0.3) is 21.2 Å². The van der Waals surface area contributed by atoms with Crippen molar-refractivity contribution in [3.05, 3.63) is 68.0 Å². The summed E-state index contributed by atoms with van der Waals surface area (Å²) in [5.41, 5.74) is 4.12. The predicted molar refractivity (Wildman–Crippen MR) is 111 cm³/mol. The van der Waals surface area contributed by atoms with E-state index in [1.165, 1.54) is 17.4 Å². The van der Waals surface area contributed by atoms with Crippen molar-refractivity contribution >= 4 is 43.9 Å². The number of alkyl halides is 3. The van der Waals surface area contributed by atoms with E-state index in [1.54, 1.807) is 6.07 Å². The summed E-state index contributed by atoms with van der Waals surface area (Å²) in [6.45, 7) is 3.71. The molecule has 5 rings (SSSR count). The first-order valence-electron chi connectivity index (χ1n) is 9.08. The average molecular weight is 429 g/mol. The Morgan fingerprint density at radius 3 is 2.70 bits per heavy atom. The van der Waals surface area contributed by atoms with Crippen molar-refractivity contribution in [1.82, 2.24) is 4.98 Å². The van der Waals surface area contributed by atoms with Crippen molar-refractivity contribution in [2.45, 2.75) is 26.4 Å². The minimum Gasteiger partial charge on any atom is -0.408 e. The summed E-state index contributed by atoms with van der Waals surface area (Å²) in [4.78, 5) is 15.0. The van der Waals surface area contributed by atoms with Crippen molar-refractivity contribution in [3.63, 3.8) is 0 Å². The summed E-state index contributed by atoms with van der Waals surface area (Å²) in [6.07, 6.45) is -3.87. The number of halogens is 3. The maximum atomic E-state index is 13.1. The number of rotatable bonds is 1. The van der Waals surface area contributed by atoms with Gasteiger partial charge in [0.2, 0.25) is 0 Å². The van der Waals surface area contributed by atoms with E-state index in [4.69, 9.17) is 4.42 Å². The second-order valence-corrected chi connectivity index (χ2v) is 8.30. The summed E-state index contributed by atoms with van der Waals surface area (Å²) < 4.78 is 45.2. The van der Waals surface area contributed by atoms with Gasteiger partial charge < -0.3 is 4.42 Å². The van der Waals surface area contributed by atoms with Gasteiger partial charge in [0.1, 0.15) is 5.71 Å². The summed E-state index contributed by atoms with van der Waals surface area (Å²) in [6, 6.07) is 7.32. The molecule has 5 nitrogen and oxygen atoms in total. The number of fused-ring (bicyclic) bond motifs is 3. The van der Waals surface area contributed by atoms with E-state index in [0.717, 1.165) is 44.8 Å². The molecule has 0 fully saturated rings. The molecule has 2 aromatic carbocycles. The highest BCUT2D eigenvalue weighted by atomic mass is 32.1. The Kier molecular flexibility index (Phi) is 4.01. The Hall–Kier alpha value is -3.20. The summed E-state index contributed by atoms with van der Waals surface area (Å²) in [5.74, 6) is -0.549. The highest BCUT2D eigenvalue weighted by molar-refractivity contribution is 7.21. The van der Waals surface area contributed by atoms with Crippen molar-refractivity contribution in [2.24, 2.45) is 10.2 Å². The number of aromatic nitrogens is 1. The van der Waals surface area contributed by atoms with Gasteiger partial charge in [-0.15, -0.1) is 16.4 Å². The topological polar surface area (TPSA) is 70.7 Å². The predicted octanol–water partition coefficient (Wildman–Crippen LogP) is 5.43. The molecule has 0 saturated heterocycles. The molecule has 3 heterocycles. The van der Waals surface area contributed by atoms with Gasteiger partial charge in [0.25, 0.3) is 0 Å². The number of nitrogens with zero attached hydrogens (tertiary/aromatic N) is 2. The fraction of sp³-hybridized carbons (Fsp3) is 0.190. The number of benzene rings is 2. The zero-order valence-corrected chi connectivity index (χ0v) is 16.7. The van der Waals surface area contributed by atoms with E-state index < -0.39 is 17.5 Å². The van der Waals surface area contributed by atoms with E-state index in [2.05, 4.69) is 15.2 Å². The molecule has 0 aliphatic carbocycles. The lowest BCUT2D eigenvalue weighted by molar-refractivity contribution is -0.137. The molecule has 1 aliphatic rings. The molecule has 0 unspecified atom stereocenters. The fourth-order valence-corrected chi connectivity index (χ4v) is 4.95. The Morgan fingerprint density at radius 2 is 1.93 bits per heavy atom. The van der Waals surface area contributed by atoms with Crippen molar-refractivity contribution < 1.29 is 17.6 Å². The second kappa shape index (κ2) is 6.40. The molecule has 9 heteroatoms. The first-order valence-corrected chi connectivity index (χ1v) is 9.90. The Bertz CT molecular complexity index is 1450. The van der Waals surface area contributed by atoms with Crippen LogP contribution in [0.1, 0.15) is 34.1 Å². The molecular formula is C21H14F3N3O2S. The first kappa shape index (κ1) is 18.8. The quantitative estimate of drug-likeness (QED) is 0.438. The minimum absolute atomic E-state index is 0.393. The van der Waals surface area contributed by atoms with E-state index >= 15 is 0 Å². The van der Waals surface area contributed by atoms with E-state index in [1.807, 2.05) is 19.9 Å². The van der Waals surface area contributed by atoms with Crippen LogP contribution < -0.4 is 5.76 Å². The molecule has 0 amide bonds. The molecule has 1 N–H and O–H groups in total. The van der Waals surface area contributed by atoms with Gasteiger partial charge in [-0.05, 0) is 54.6 Å². The fourth-order valence-electron chi connectivity index (χ4n) is 3.70. The van der Waals surface area contributed by atoms with E-state index in [-0.39, 0.29) is 0 Å². The SMILES string of the molecule is CC1=NN=C(c2sc3cc(C(F)(F)F)ccc3c2C)c2cc3oc(=O)[nH]c3cc2C1. The smallest absolute Gasteiger partial charge is 0.408 e. The monoisotopic (exact) mass is 429 g/mol. The highest BCUT2D eigenvalue weighted by Gasteiger charge is 2.31. The lowest BCUT2D eigenvalue weighted by atomic mass is 9.96. The van der Waals surface area contributed by atoms with Crippen LogP contribution in [-0.4, -0.2) is 16.4 Å². The van der Waals surface area contributed by atoms with Gasteiger partial charge in [0, 0.05) is 22.4 Å². The molecular weight excluding hydrogens is 415 g/mol. The van der Waals surface area contributed by atoms with Gasteiger partial charge >= 0.3 is 11.9 Å². The van der Waals surface area contributed by atoms with E-state index in [0.29, 0.717) is 27.9 Å². The lowest BCUT2D eigenvalue weighted by Gasteiger charge is -2.08. The summed E-state index contributed by atoms with van der Waals surface area (Å²) in [7, 11) is 0. The molecule has 0 radical (unpaired) electrons. The van der Waals surface area contributed by atoms with Gasteiger partial charge in [-0.2, -0.15) is 18.3 Å². The third-order valence-corrected chi connectivity index (χ3v) is 6.41. The van der Waals surface area contributed by atoms with Crippen LogP contribution in [0.2, 0.25) is 0 Å². The van der Waals surface area contributed by atoms with Crippen LogP contribution in [-0.2, 0) is 12.6 Å². The molecule has 4 aromatic rings. The van der Waals surface area contributed by atoms with Crippen LogP contribution in [0.4, 0.5) is 13.2 Å². The van der Waals surface area contributed by atoms with Crippen LogP contribution in [0.3, 0.4) is 0 Å². The number of aromatic amines is 1. The maximum Gasteiger partial charge on any atom is 0.417 e. The largest absolute Gasteiger partial charge is 0.417 e. The lowest BCUT2D eigenvalue weighted by Crippen LogP contribution is -2.06. The standard InChI is InChI=1S/C21H14F3N3O2S/c1-9-5-11-6-15-16(29-20(28)25-15)8-14(11)18(27-26-9)19-10(2)13-4-3-12(21(22,23)24)7-17(13)30-19/h3-4,6-8H,5H2,1-2H3,(H,25,28). The molecule has 0 atom stereocenters. The third-order valence-electron chi connectivity index (χ3n) is 5.15. The summed E-state index contributed by atoms with van der Waals surface area (Å²) >= 11 is 1.25. The van der Waals surface area contributed by atoms with Crippen molar-refractivity contribution in [3.8, 4) is 0 Å². The van der Waals surface area contributed by atoms with Gasteiger partial charge in [-0.1, -0.05) is 6.07 Å². The molecule has 152 valence electrons. The number of aryl methyl sites for hydroxylation is 1. The van der Waals surface area contributed by atoms with Crippen LogP contribution in [0.5, 0.6) is 0 Å². The van der Waals surface area contributed by atoms with Crippen molar-refractivity contribution in [1.29, 1.82) is 0 Å². The Labute approximate surface area is 171 Å². The average Bonchev–Trinajstić information content (AvgIpc) is 3.14. The van der Waals surface area contributed by atoms with Gasteiger partial charge in [0.15, 0.2) is 5.58 Å². The third kappa shape index (κ3) is 2.97. The molecule has 30 heavy (non-hydrogen) atoms. The summed E-state index contributed by atoms with van der Waals surface area (Å²) in [5, 5.41) is 9.45. The van der Waals surface area contributed by atoms with Crippen LogP contribution >= 0.6 is 11.3 Å². The maximum absolute atomic E-state index is 13.1. The molecule has 0 saturated carbocycles. The van der Waals surface area contributed by atoms with Gasteiger partial charge in [-0.3, -0.25) is 4.98 Å². The van der Waals surface area contributed by atoms with Crippen molar-refractivity contribution in [2.75, 3.05) is 0 Å². The minimum atomic E-state index is -4.41. The van der Waals surface area contributed by atoms with Crippen LogP contribution in [0.15, 0.2) is 49.7 Å². The van der Waals surface area contributed by atoms with Gasteiger partial charge in [0.05, 0.1) is 16.0 Å². The normalized spacial score (nSPS) is 14.6. The van der Waals surface area contributed by atoms with Crippen LogP contribution in [0, 0.1) is 6.92 Å². The first-order chi connectivity index (χ1) is 14.2. The molecule has 1 aliphatic heterocycles.